The van der Waals surface area contributed by atoms with Gasteiger partial charge in [-0.3, -0.25) is 0 Å². The Bertz CT molecular complexity index is 854. The van der Waals surface area contributed by atoms with E-state index in [4.69, 9.17) is 17.0 Å². The van der Waals surface area contributed by atoms with Gasteiger partial charge in [0.25, 0.3) is 0 Å². The molecule has 0 aromatic heterocycles. The normalized spacial score (nSPS) is 36.7. The van der Waals surface area contributed by atoms with E-state index in [0.717, 1.165) is 24.7 Å². The van der Waals surface area contributed by atoms with Crippen LogP contribution in [0.5, 0.6) is 0 Å². The minimum atomic E-state index is -4.36. The Kier molecular flexibility index (Phi) is 7.19. The molecule has 6 unspecified atom stereocenters. The molecule has 0 N–H and O–H groups in total. The minimum absolute atomic E-state index is 0.385. The van der Waals surface area contributed by atoms with Gasteiger partial charge in [-0.2, -0.15) is 0 Å². The topological polar surface area (TPSA) is 0 Å². The van der Waals surface area contributed by atoms with Crippen molar-refractivity contribution in [3.8, 4) is 0 Å². The Morgan fingerprint density at radius 2 is 1.16 bits per heavy atom. The van der Waals surface area contributed by atoms with Crippen LogP contribution in [0, 0.1) is 23.7 Å². The molecule has 0 spiro atoms. The maximum atomic E-state index is 8.41. The molecule has 0 heterocycles. The zero-order valence-corrected chi connectivity index (χ0v) is 26.8. The molecule has 0 radical (unpaired) electrons. The summed E-state index contributed by atoms with van der Waals surface area (Å²) < 4.78 is 0.770. The Morgan fingerprint density at radius 3 is 1.47 bits per heavy atom. The number of halogens is 2. The van der Waals surface area contributed by atoms with Gasteiger partial charge in [0, 0.05) is 0 Å². The molecule has 0 aliphatic heterocycles. The van der Waals surface area contributed by atoms with Crippen LogP contribution in [0.25, 0.3) is 0 Å². The summed E-state index contributed by atoms with van der Waals surface area (Å²) in [4.78, 5) is 0. The molecule has 4 heteroatoms. The number of hydrogen-bond acceptors (Lipinski definition) is 0. The fourth-order valence-corrected chi connectivity index (χ4v) is 41.0. The van der Waals surface area contributed by atoms with Crippen molar-refractivity contribution in [1.29, 1.82) is 0 Å². The third kappa shape index (κ3) is 3.76. The Balaban J connectivity index is 1.95. The molecule has 0 saturated carbocycles. The molecule has 0 aromatic carbocycles. The van der Waals surface area contributed by atoms with Gasteiger partial charge >= 0.3 is 208 Å². The molecule has 4 aliphatic rings. The van der Waals surface area contributed by atoms with Crippen molar-refractivity contribution in [2.75, 3.05) is 0 Å². The van der Waals surface area contributed by atoms with E-state index in [0.29, 0.717) is 19.1 Å². The summed E-state index contributed by atoms with van der Waals surface area (Å²) in [5.74, 6) is 1.43. The SMILES string of the molecule is CCC1=CC2=C(CC(C)CC2C)[CH]1[Zr]([Cl])([Cl])([CH]1C(CC)=CC2=C1CC(C)CC2C)[SiH](C)C. The summed E-state index contributed by atoms with van der Waals surface area (Å²) in [6, 6.07) is 0. The first-order valence-electron chi connectivity index (χ1n) is 13.4. The van der Waals surface area contributed by atoms with Crippen LogP contribution in [0.4, 0.5) is 0 Å². The van der Waals surface area contributed by atoms with Crippen LogP contribution in [0.15, 0.2) is 45.6 Å². The van der Waals surface area contributed by atoms with Gasteiger partial charge in [0.15, 0.2) is 0 Å². The molecule has 32 heavy (non-hydrogen) atoms. The predicted octanol–water partition coefficient (Wildman–Crippen LogP) is 9.97. The quantitative estimate of drug-likeness (QED) is 0.288. The van der Waals surface area contributed by atoms with Crippen molar-refractivity contribution in [3.05, 3.63) is 45.6 Å². The molecule has 0 amide bonds. The Labute approximate surface area is 206 Å². The van der Waals surface area contributed by atoms with E-state index < -0.39 is 21.5 Å². The molecule has 0 saturated heterocycles. The molecule has 179 valence electrons. The van der Waals surface area contributed by atoms with Crippen molar-refractivity contribution in [2.45, 2.75) is 100 Å². The van der Waals surface area contributed by atoms with E-state index in [1.807, 2.05) is 0 Å². The van der Waals surface area contributed by atoms with Crippen LogP contribution < -0.4 is 0 Å². The third-order valence-electron chi connectivity index (χ3n) is 9.60. The molecular formula is C28H45Cl2SiZr. The first-order chi connectivity index (χ1) is 14.9. The monoisotopic (exact) mass is 569 g/mol. The molecule has 0 aromatic rings. The summed E-state index contributed by atoms with van der Waals surface area (Å²) in [7, 11) is 16.8. The summed E-state index contributed by atoms with van der Waals surface area (Å²) >= 11 is -4.36. The molecule has 0 bridgehead atoms. The van der Waals surface area contributed by atoms with E-state index in [1.54, 1.807) is 33.4 Å². The van der Waals surface area contributed by atoms with Gasteiger partial charge in [-0.05, 0) is 0 Å². The molecule has 0 nitrogen and oxygen atoms in total. The van der Waals surface area contributed by atoms with Gasteiger partial charge in [-0.25, -0.2) is 0 Å². The van der Waals surface area contributed by atoms with Crippen molar-refractivity contribution in [3.63, 3.8) is 0 Å². The van der Waals surface area contributed by atoms with Crippen LogP contribution in [-0.2, 0) is 15.6 Å². The Morgan fingerprint density at radius 1 is 0.781 bits per heavy atom. The van der Waals surface area contributed by atoms with Gasteiger partial charge in [-0.15, -0.1) is 0 Å². The second-order valence-electron chi connectivity index (χ2n) is 12.2. The van der Waals surface area contributed by atoms with E-state index >= 15 is 0 Å². The first-order valence-corrected chi connectivity index (χ1v) is 29.7. The maximum absolute atomic E-state index is 8.41. The zero-order valence-electron chi connectivity index (χ0n) is 21.7. The van der Waals surface area contributed by atoms with Gasteiger partial charge in [0.2, 0.25) is 0 Å². The predicted molar refractivity (Wildman–Crippen MR) is 144 cm³/mol. The average Bonchev–Trinajstić information content (AvgIpc) is 3.27. The van der Waals surface area contributed by atoms with Crippen molar-refractivity contribution in [1.82, 2.24) is 0 Å². The van der Waals surface area contributed by atoms with Gasteiger partial charge in [-0.1, -0.05) is 0 Å². The van der Waals surface area contributed by atoms with Gasteiger partial charge in [0.1, 0.15) is 0 Å². The summed E-state index contributed by atoms with van der Waals surface area (Å²) in [6.07, 6.45) is 12.4. The van der Waals surface area contributed by atoms with E-state index in [1.165, 1.54) is 25.7 Å². The Hall–Kier alpha value is 0.640. The first kappa shape index (κ1) is 25.7. The van der Waals surface area contributed by atoms with E-state index in [9.17, 15) is 0 Å². The van der Waals surface area contributed by atoms with Crippen LogP contribution in [0.1, 0.15) is 80.1 Å². The van der Waals surface area contributed by atoms with Gasteiger partial charge < -0.3 is 0 Å². The number of rotatable bonds is 5. The van der Waals surface area contributed by atoms with Crippen LogP contribution >= 0.6 is 17.0 Å². The molecule has 6 atom stereocenters. The molecular weight excluding hydrogens is 527 g/mol. The van der Waals surface area contributed by atoms with Crippen LogP contribution in [0.2, 0.25) is 20.3 Å². The van der Waals surface area contributed by atoms with Crippen LogP contribution in [0.3, 0.4) is 0 Å². The third-order valence-corrected chi connectivity index (χ3v) is 61.6. The summed E-state index contributed by atoms with van der Waals surface area (Å²) in [5, 5.41) is 0. The van der Waals surface area contributed by atoms with Gasteiger partial charge in [0.05, 0.1) is 0 Å². The van der Waals surface area contributed by atoms with Crippen molar-refractivity contribution >= 4 is 22.9 Å². The van der Waals surface area contributed by atoms with E-state index in [2.05, 4.69) is 66.8 Å². The van der Waals surface area contributed by atoms with E-state index in [-0.39, 0.29) is 0 Å². The second-order valence-corrected chi connectivity index (χ2v) is 54.8. The fourth-order valence-electron chi connectivity index (χ4n) is 8.12. The number of allylic oxidation sites excluding steroid dienone is 8. The molecule has 4 rings (SSSR count). The summed E-state index contributed by atoms with van der Waals surface area (Å²) in [5.41, 5.74) is 9.81. The zero-order chi connectivity index (χ0) is 23.6. The number of hydrogen-bond donors (Lipinski definition) is 0. The summed E-state index contributed by atoms with van der Waals surface area (Å²) in [6.45, 7) is 19.5. The average molecular weight is 572 g/mol. The second kappa shape index (κ2) is 8.94. The van der Waals surface area contributed by atoms with Crippen molar-refractivity contribution in [2.24, 2.45) is 23.7 Å². The molecule has 0 fully saturated rings. The molecule has 4 aliphatic carbocycles. The standard InChI is InChI=1S/2C13H19.C2H7Si.2ClH.Zr/c2*1-4-11-7-12-6-9(2)5-10(3)13(12)8-11;1-3-2;;;/h2*7-10H,4-6H2,1-3H3;3H,1-2H3;2*1H;/q;;;;;+2/p-2. The fraction of sp³-hybridized carbons (Fsp3) is 0.714. The van der Waals surface area contributed by atoms with Crippen LogP contribution in [-0.4, -0.2) is 5.92 Å². The van der Waals surface area contributed by atoms with Crippen molar-refractivity contribution < 1.29 is 15.6 Å².